The second-order valence-corrected chi connectivity index (χ2v) is 6.93. The zero-order valence-electron chi connectivity index (χ0n) is 12.1. The third-order valence-electron chi connectivity index (χ3n) is 5.27. The average molecular weight is 252 g/mol. The fourth-order valence-electron chi connectivity index (χ4n) is 3.63. The van der Waals surface area contributed by atoms with Gasteiger partial charge in [-0.1, -0.05) is 13.8 Å². The van der Waals surface area contributed by atoms with Gasteiger partial charge >= 0.3 is 0 Å². The predicted octanol–water partition coefficient (Wildman–Crippen LogP) is 2.02. The standard InChI is InChI=1S/C15H28N2O/c1-4-18-14-9-13(15(14,2)3)16-11-7-8-17(10-11)12-5-6-12/h11-14,16H,4-10H2,1-3H3. The summed E-state index contributed by atoms with van der Waals surface area (Å²) < 4.78 is 5.81. The van der Waals surface area contributed by atoms with E-state index in [1.165, 1.54) is 38.8 Å². The van der Waals surface area contributed by atoms with Crippen molar-refractivity contribution in [3.63, 3.8) is 0 Å². The van der Waals surface area contributed by atoms with Crippen LogP contribution in [0.5, 0.6) is 0 Å². The van der Waals surface area contributed by atoms with E-state index in [0.717, 1.165) is 18.7 Å². The lowest BCUT2D eigenvalue weighted by Gasteiger charge is -2.52. The minimum Gasteiger partial charge on any atom is -0.378 e. The van der Waals surface area contributed by atoms with E-state index in [0.29, 0.717) is 17.6 Å². The van der Waals surface area contributed by atoms with E-state index in [2.05, 4.69) is 31.0 Å². The highest BCUT2D eigenvalue weighted by Gasteiger charge is 2.49. The third-order valence-corrected chi connectivity index (χ3v) is 5.27. The molecule has 3 rings (SSSR count). The molecule has 104 valence electrons. The molecule has 1 saturated heterocycles. The molecule has 0 spiro atoms. The molecule has 3 unspecified atom stereocenters. The molecule has 1 heterocycles. The highest BCUT2D eigenvalue weighted by atomic mass is 16.5. The van der Waals surface area contributed by atoms with Crippen LogP contribution in [-0.2, 0) is 4.74 Å². The smallest absolute Gasteiger partial charge is 0.0655 e. The van der Waals surface area contributed by atoms with Crippen LogP contribution in [0.3, 0.4) is 0 Å². The van der Waals surface area contributed by atoms with E-state index < -0.39 is 0 Å². The van der Waals surface area contributed by atoms with Crippen LogP contribution in [0.15, 0.2) is 0 Å². The summed E-state index contributed by atoms with van der Waals surface area (Å²) in [6, 6.07) is 2.30. The van der Waals surface area contributed by atoms with E-state index in [-0.39, 0.29) is 0 Å². The Balaban J connectivity index is 1.46. The van der Waals surface area contributed by atoms with E-state index in [1.807, 2.05) is 0 Å². The largest absolute Gasteiger partial charge is 0.378 e. The summed E-state index contributed by atoms with van der Waals surface area (Å²) >= 11 is 0. The molecule has 3 nitrogen and oxygen atoms in total. The molecular weight excluding hydrogens is 224 g/mol. The molecule has 1 N–H and O–H groups in total. The van der Waals surface area contributed by atoms with Crippen molar-refractivity contribution in [2.75, 3.05) is 19.7 Å². The lowest BCUT2D eigenvalue weighted by atomic mass is 9.64. The Kier molecular flexibility index (Phi) is 3.41. The van der Waals surface area contributed by atoms with Crippen LogP contribution in [0.25, 0.3) is 0 Å². The lowest BCUT2D eigenvalue weighted by Crippen LogP contribution is -2.63. The van der Waals surface area contributed by atoms with Crippen molar-refractivity contribution < 1.29 is 4.74 Å². The Labute approximate surface area is 111 Å². The molecule has 3 heteroatoms. The Morgan fingerprint density at radius 3 is 2.67 bits per heavy atom. The number of hydrogen-bond acceptors (Lipinski definition) is 3. The van der Waals surface area contributed by atoms with Gasteiger partial charge in [-0.05, 0) is 32.6 Å². The van der Waals surface area contributed by atoms with Gasteiger partial charge in [0.1, 0.15) is 0 Å². The van der Waals surface area contributed by atoms with Crippen LogP contribution in [0.4, 0.5) is 0 Å². The molecule has 1 aliphatic heterocycles. The lowest BCUT2D eigenvalue weighted by molar-refractivity contribution is -0.116. The zero-order chi connectivity index (χ0) is 12.8. The summed E-state index contributed by atoms with van der Waals surface area (Å²) in [7, 11) is 0. The highest BCUT2D eigenvalue weighted by Crippen LogP contribution is 2.43. The first-order valence-corrected chi connectivity index (χ1v) is 7.73. The predicted molar refractivity (Wildman–Crippen MR) is 73.7 cm³/mol. The maximum absolute atomic E-state index is 5.81. The summed E-state index contributed by atoms with van der Waals surface area (Å²) in [5.41, 5.74) is 0.309. The van der Waals surface area contributed by atoms with Gasteiger partial charge in [-0.3, -0.25) is 4.90 Å². The van der Waals surface area contributed by atoms with E-state index in [9.17, 15) is 0 Å². The summed E-state index contributed by atoms with van der Waals surface area (Å²) in [6.45, 7) is 10.2. The molecule has 0 amide bonds. The average Bonchev–Trinajstić information content (AvgIpc) is 3.09. The molecule has 2 aliphatic carbocycles. The Morgan fingerprint density at radius 2 is 2.06 bits per heavy atom. The second kappa shape index (κ2) is 4.77. The summed E-state index contributed by atoms with van der Waals surface area (Å²) in [5, 5.41) is 3.88. The maximum Gasteiger partial charge on any atom is 0.0655 e. The third kappa shape index (κ3) is 2.33. The zero-order valence-corrected chi connectivity index (χ0v) is 12.1. The van der Waals surface area contributed by atoms with E-state index in [1.54, 1.807) is 0 Å². The maximum atomic E-state index is 5.81. The Bertz CT molecular complexity index is 301. The summed E-state index contributed by atoms with van der Waals surface area (Å²) in [5.74, 6) is 0. The van der Waals surface area contributed by atoms with Crippen LogP contribution in [0, 0.1) is 5.41 Å². The van der Waals surface area contributed by atoms with Gasteiger partial charge in [0.05, 0.1) is 6.10 Å². The van der Waals surface area contributed by atoms with E-state index >= 15 is 0 Å². The van der Waals surface area contributed by atoms with Gasteiger partial charge in [0.2, 0.25) is 0 Å². The van der Waals surface area contributed by atoms with Crippen molar-refractivity contribution in [1.82, 2.24) is 10.2 Å². The first kappa shape index (κ1) is 12.9. The van der Waals surface area contributed by atoms with Crippen molar-refractivity contribution >= 4 is 0 Å². The molecule has 3 atom stereocenters. The monoisotopic (exact) mass is 252 g/mol. The fourth-order valence-corrected chi connectivity index (χ4v) is 3.63. The van der Waals surface area contributed by atoms with Gasteiger partial charge in [0, 0.05) is 43.2 Å². The van der Waals surface area contributed by atoms with Crippen LogP contribution in [-0.4, -0.2) is 48.8 Å². The molecule has 3 aliphatic rings. The highest BCUT2D eigenvalue weighted by molar-refractivity contribution is 5.05. The van der Waals surface area contributed by atoms with Crippen molar-refractivity contribution in [2.24, 2.45) is 5.41 Å². The number of likely N-dealkylation sites (tertiary alicyclic amines) is 1. The topological polar surface area (TPSA) is 24.5 Å². The van der Waals surface area contributed by atoms with Crippen LogP contribution >= 0.6 is 0 Å². The molecule has 0 aromatic carbocycles. The van der Waals surface area contributed by atoms with Crippen molar-refractivity contribution in [3.05, 3.63) is 0 Å². The normalized spacial score (nSPS) is 39.8. The fraction of sp³-hybridized carbons (Fsp3) is 1.00. The molecule has 0 aromatic heterocycles. The van der Waals surface area contributed by atoms with Crippen LogP contribution < -0.4 is 5.32 Å². The quantitative estimate of drug-likeness (QED) is 0.810. The van der Waals surface area contributed by atoms with Gasteiger partial charge in [0.15, 0.2) is 0 Å². The van der Waals surface area contributed by atoms with Crippen molar-refractivity contribution in [2.45, 2.75) is 70.7 Å². The number of ether oxygens (including phenoxy) is 1. The Morgan fingerprint density at radius 1 is 1.28 bits per heavy atom. The minimum absolute atomic E-state index is 0.309. The number of nitrogens with one attached hydrogen (secondary N) is 1. The molecule has 18 heavy (non-hydrogen) atoms. The molecule has 0 bridgehead atoms. The van der Waals surface area contributed by atoms with Gasteiger partial charge < -0.3 is 10.1 Å². The van der Waals surface area contributed by atoms with Crippen LogP contribution in [0.2, 0.25) is 0 Å². The summed E-state index contributed by atoms with van der Waals surface area (Å²) in [6.07, 6.45) is 5.87. The number of hydrogen-bond donors (Lipinski definition) is 1. The molecule has 3 fully saturated rings. The van der Waals surface area contributed by atoms with Gasteiger partial charge in [-0.15, -0.1) is 0 Å². The second-order valence-electron chi connectivity index (χ2n) is 6.93. The van der Waals surface area contributed by atoms with Crippen LogP contribution in [0.1, 0.15) is 46.5 Å². The first-order chi connectivity index (χ1) is 8.61. The minimum atomic E-state index is 0.309. The number of nitrogens with zero attached hydrogens (tertiary/aromatic N) is 1. The molecule has 0 aromatic rings. The van der Waals surface area contributed by atoms with Gasteiger partial charge in [0.25, 0.3) is 0 Å². The van der Waals surface area contributed by atoms with Gasteiger partial charge in [-0.25, -0.2) is 0 Å². The van der Waals surface area contributed by atoms with Gasteiger partial charge in [-0.2, -0.15) is 0 Å². The molecule has 2 saturated carbocycles. The van der Waals surface area contributed by atoms with Crippen molar-refractivity contribution in [3.8, 4) is 0 Å². The number of rotatable bonds is 5. The van der Waals surface area contributed by atoms with Crippen molar-refractivity contribution in [1.29, 1.82) is 0 Å². The molecular formula is C15H28N2O. The summed E-state index contributed by atoms with van der Waals surface area (Å²) in [4.78, 5) is 2.68. The first-order valence-electron chi connectivity index (χ1n) is 7.73. The van der Waals surface area contributed by atoms with E-state index in [4.69, 9.17) is 4.74 Å². The SMILES string of the molecule is CCOC1CC(NC2CCN(C3CC3)C2)C1(C)C. The molecule has 0 radical (unpaired) electrons. The Hall–Kier alpha value is -0.120.